The molecule has 0 fully saturated rings. The average molecular weight is 206 g/mol. The Balaban J connectivity index is 2.55. The lowest BCUT2D eigenvalue weighted by molar-refractivity contribution is 0.478. The molecular formula is C10H10N2OS. The highest BCUT2D eigenvalue weighted by Crippen LogP contribution is 2.34. The van der Waals surface area contributed by atoms with E-state index in [0.717, 1.165) is 10.4 Å². The van der Waals surface area contributed by atoms with Gasteiger partial charge in [0.2, 0.25) is 0 Å². The van der Waals surface area contributed by atoms with E-state index in [4.69, 9.17) is 11.5 Å². The summed E-state index contributed by atoms with van der Waals surface area (Å²) in [5.74, 6) is 0.256. The van der Waals surface area contributed by atoms with Crippen molar-refractivity contribution in [3.8, 4) is 16.2 Å². The maximum absolute atomic E-state index is 9.21. The molecule has 0 saturated carbocycles. The molecule has 0 saturated heterocycles. The van der Waals surface area contributed by atoms with E-state index in [2.05, 4.69) is 0 Å². The van der Waals surface area contributed by atoms with Gasteiger partial charge in [-0.25, -0.2) is 0 Å². The summed E-state index contributed by atoms with van der Waals surface area (Å²) in [5.41, 5.74) is 13.7. The van der Waals surface area contributed by atoms with Gasteiger partial charge in [-0.05, 0) is 24.3 Å². The van der Waals surface area contributed by atoms with Crippen LogP contribution >= 0.6 is 11.3 Å². The molecule has 14 heavy (non-hydrogen) atoms. The highest BCUT2D eigenvalue weighted by Gasteiger charge is 2.05. The molecule has 0 atom stereocenters. The number of rotatable bonds is 1. The van der Waals surface area contributed by atoms with Gasteiger partial charge in [0, 0.05) is 27.2 Å². The molecule has 2 aromatic rings. The molecule has 3 nitrogen and oxygen atoms in total. The topological polar surface area (TPSA) is 72.3 Å². The van der Waals surface area contributed by atoms with E-state index in [9.17, 15) is 5.11 Å². The van der Waals surface area contributed by atoms with Crippen LogP contribution < -0.4 is 11.5 Å². The van der Waals surface area contributed by atoms with E-state index >= 15 is 0 Å². The molecule has 72 valence electrons. The number of hydrogen-bond acceptors (Lipinski definition) is 4. The molecule has 0 aliphatic carbocycles. The molecule has 0 unspecified atom stereocenters. The molecule has 2 rings (SSSR count). The minimum atomic E-state index is 0.256. The average Bonchev–Trinajstić information content (AvgIpc) is 2.56. The monoisotopic (exact) mass is 206 g/mol. The SMILES string of the molecule is Nc1ccc(N)c(-c2cc(O)cs2)c1. The van der Waals surface area contributed by atoms with E-state index in [1.807, 2.05) is 0 Å². The standard InChI is InChI=1S/C10H10N2OS/c11-6-1-2-9(12)8(3-6)10-4-7(13)5-14-10/h1-5,13H,11-12H2. The zero-order chi connectivity index (χ0) is 10.1. The van der Waals surface area contributed by atoms with Gasteiger partial charge < -0.3 is 16.6 Å². The Hall–Kier alpha value is -1.68. The summed E-state index contributed by atoms with van der Waals surface area (Å²) in [6.07, 6.45) is 0. The fourth-order valence-electron chi connectivity index (χ4n) is 1.25. The Kier molecular flexibility index (Phi) is 2.05. The minimum absolute atomic E-state index is 0.256. The van der Waals surface area contributed by atoms with Crippen LogP contribution in [0.15, 0.2) is 29.6 Å². The molecule has 1 aromatic carbocycles. The molecule has 1 aromatic heterocycles. The first-order valence-corrected chi connectivity index (χ1v) is 4.97. The third-order valence-electron chi connectivity index (χ3n) is 1.93. The Labute approximate surface area is 85.6 Å². The lowest BCUT2D eigenvalue weighted by Crippen LogP contribution is -1.91. The van der Waals surface area contributed by atoms with E-state index < -0.39 is 0 Å². The van der Waals surface area contributed by atoms with Crippen molar-refractivity contribution >= 4 is 22.7 Å². The fraction of sp³-hybridized carbons (Fsp3) is 0. The van der Waals surface area contributed by atoms with E-state index in [-0.39, 0.29) is 5.75 Å². The van der Waals surface area contributed by atoms with Crippen molar-refractivity contribution in [1.29, 1.82) is 0 Å². The Bertz CT molecular complexity index is 465. The van der Waals surface area contributed by atoms with E-state index in [1.54, 1.807) is 29.6 Å². The van der Waals surface area contributed by atoms with Gasteiger partial charge in [0.15, 0.2) is 0 Å². The van der Waals surface area contributed by atoms with Crippen LogP contribution in [0.3, 0.4) is 0 Å². The molecule has 0 aliphatic heterocycles. The number of aromatic hydroxyl groups is 1. The molecule has 0 radical (unpaired) electrons. The molecule has 0 aliphatic rings. The van der Waals surface area contributed by atoms with Crippen molar-refractivity contribution < 1.29 is 5.11 Å². The second-order valence-electron chi connectivity index (χ2n) is 3.02. The van der Waals surface area contributed by atoms with Gasteiger partial charge in [0.05, 0.1) is 0 Å². The fourth-order valence-corrected chi connectivity index (χ4v) is 2.06. The van der Waals surface area contributed by atoms with Crippen molar-refractivity contribution in [2.45, 2.75) is 0 Å². The molecule has 0 spiro atoms. The summed E-state index contributed by atoms with van der Waals surface area (Å²) in [4.78, 5) is 0.923. The first-order valence-electron chi connectivity index (χ1n) is 4.09. The number of benzene rings is 1. The maximum Gasteiger partial charge on any atom is 0.126 e. The first kappa shape index (κ1) is 8.90. The maximum atomic E-state index is 9.21. The van der Waals surface area contributed by atoms with Crippen molar-refractivity contribution in [1.82, 2.24) is 0 Å². The van der Waals surface area contributed by atoms with Gasteiger partial charge in [-0.2, -0.15) is 0 Å². The van der Waals surface area contributed by atoms with Crippen LogP contribution in [-0.2, 0) is 0 Å². The number of hydrogen-bond donors (Lipinski definition) is 3. The summed E-state index contributed by atoms with van der Waals surface area (Å²) in [5, 5.41) is 10.9. The second kappa shape index (κ2) is 3.23. The zero-order valence-corrected chi connectivity index (χ0v) is 8.21. The van der Waals surface area contributed by atoms with Crippen LogP contribution in [0.1, 0.15) is 0 Å². The van der Waals surface area contributed by atoms with Gasteiger partial charge in [0.1, 0.15) is 5.75 Å². The summed E-state index contributed by atoms with van der Waals surface area (Å²) in [6.45, 7) is 0. The van der Waals surface area contributed by atoms with Gasteiger partial charge in [-0.1, -0.05) is 0 Å². The lowest BCUT2D eigenvalue weighted by atomic mass is 10.1. The van der Waals surface area contributed by atoms with Crippen LogP contribution in [0.5, 0.6) is 5.75 Å². The normalized spacial score (nSPS) is 10.3. The third kappa shape index (κ3) is 1.52. The number of nitrogen functional groups attached to an aromatic ring is 2. The minimum Gasteiger partial charge on any atom is -0.507 e. The smallest absolute Gasteiger partial charge is 0.126 e. The number of nitrogens with two attached hydrogens (primary N) is 2. The van der Waals surface area contributed by atoms with Crippen LogP contribution in [0.4, 0.5) is 11.4 Å². The predicted octanol–water partition coefficient (Wildman–Crippen LogP) is 2.29. The zero-order valence-electron chi connectivity index (χ0n) is 7.40. The Morgan fingerprint density at radius 3 is 2.57 bits per heavy atom. The molecule has 4 heteroatoms. The quantitative estimate of drug-likeness (QED) is 0.627. The summed E-state index contributed by atoms with van der Waals surface area (Å²) < 4.78 is 0. The van der Waals surface area contributed by atoms with E-state index in [0.29, 0.717) is 11.4 Å². The van der Waals surface area contributed by atoms with Crippen molar-refractivity contribution in [2.75, 3.05) is 11.5 Å². The van der Waals surface area contributed by atoms with Gasteiger partial charge in [-0.3, -0.25) is 0 Å². The summed E-state index contributed by atoms with van der Waals surface area (Å²) in [7, 11) is 0. The Morgan fingerprint density at radius 2 is 1.93 bits per heavy atom. The Morgan fingerprint density at radius 1 is 1.14 bits per heavy atom. The summed E-state index contributed by atoms with van der Waals surface area (Å²) >= 11 is 1.44. The van der Waals surface area contributed by atoms with Gasteiger partial charge >= 0.3 is 0 Å². The van der Waals surface area contributed by atoms with Crippen molar-refractivity contribution in [3.63, 3.8) is 0 Å². The predicted molar refractivity (Wildman–Crippen MR) is 60.2 cm³/mol. The largest absolute Gasteiger partial charge is 0.507 e. The molecular weight excluding hydrogens is 196 g/mol. The molecule has 0 bridgehead atoms. The van der Waals surface area contributed by atoms with Gasteiger partial charge in [-0.15, -0.1) is 11.3 Å². The van der Waals surface area contributed by atoms with Gasteiger partial charge in [0.25, 0.3) is 0 Å². The highest BCUT2D eigenvalue weighted by atomic mass is 32.1. The van der Waals surface area contributed by atoms with Crippen LogP contribution in [0, 0.1) is 0 Å². The summed E-state index contributed by atoms with van der Waals surface area (Å²) in [6, 6.07) is 7.00. The molecule has 1 heterocycles. The first-order chi connectivity index (χ1) is 6.66. The van der Waals surface area contributed by atoms with Crippen LogP contribution in [-0.4, -0.2) is 5.11 Å². The number of anilines is 2. The van der Waals surface area contributed by atoms with Crippen LogP contribution in [0.25, 0.3) is 10.4 Å². The molecule has 0 amide bonds. The number of thiophene rings is 1. The second-order valence-corrected chi connectivity index (χ2v) is 3.93. The molecule has 5 N–H and O–H groups in total. The third-order valence-corrected chi connectivity index (χ3v) is 2.88. The van der Waals surface area contributed by atoms with Crippen LogP contribution in [0.2, 0.25) is 0 Å². The van der Waals surface area contributed by atoms with E-state index in [1.165, 1.54) is 11.3 Å². The highest BCUT2D eigenvalue weighted by molar-refractivity contribution is 7.13. The lowest BCUT2D eigenvalue weighted by Gasteiger charge is -2.03. The van der Waals surface area contributed by atoms with Crippen molar-refractivity contribution in [2.24, 2.45) is 0 Å². The van der Waals surface area contributed by atoms with Crippen molar-refractivity contribution in [3.05, 3.63) is 29.6 Å².